The van der Waals surface area contributed by atoms with Crippen molar-refractivity contribution in [3.8, 4) is 5.88 Å². The van der Waals surface area contributed by atoms with Crippen LogP contribution in [-0.2, 0) is 10.0 Å². The van der Waals surface area contributed by atoms with Crippen molar-refractivity contribution in [2.45, 2.75) is 23.8 Å². The van der Waals surface area contributed by atoms with Crippen molar-refractivity contribution in [1.29, 1.82) is 0 Å². The van der Waals surface area contributed by atoms with Gasteiger partial charge in [0.05, 0.1) is 13.3 Å². The van der Waals surface area contributed by atoms with Crippen molar-refractivity contribution in [2.75, 3.05) is 13.7 Å². The highest BCUT2D eigenvalue weighted by molar-refractivity contribution is 7.89. The minimum Gasteiger partial charge on any atom is -0.481 e. The quantitative estimate of drug-likeness (QED) is 0.799. The van der Waals surface area contributed by atoms with E-state index in [9.17, 15) is 8.42 Å². The van der Waals surface area contributed by atoms with Crippen molar-refractivity contribution in [2.24, 2.45) is 11.7 Å². The van der Waals surface area contributed by atoms with E-state index < -0.39 is 10.0 Å². The molecule has 0 spiro atoms. The zero-order valence-corrected chi connectivity index (χ0v) is 12.2. The molecule has 1 saturated carbocycles. The minimum absolute atomic E-state index is 0. The number of sulfonamides is 1. The molecule has 1 unspecified atom stereocenters. The van der Waals surface area contributed by atoms with Gasteiger partial charge in [-0.05, 0) is 24.8 Å². The van der Waals surface area contributed by atoms with Crippen LogP contribution in [0.3, 0.4) is 0 Å². The Bertz CT molecular complexity index is 502. The van der Waals surface area contributed by atoms with Crippen LogP contribution in [-0.4, -0.2) is 33.1 Å². The molecule has 1 aliphatic rings. The second kappa shape index (κ2) is 6.51. The van der Waals surface area contributed by atoms with Crippen LogP contribution in [0.25, 0.3) is 0 Å². The Hall–Kier alpha value is -0.890. The molecule has 8 heteroatoms. The maximum absolute atomic E-state index is 11.9. The number of halogens is 1. The number of nitrogens with one attached hydrogen (secondary N) is 1. The number of hydrogen-bond donors (Lipinski definition) is 2. The lowest BCUT2D eigenvalue weighted by Gasteiger charge is -2.12. The van der Waals surface area contributed by atoms with Crippen LogP contribution in [0, 0.1) is 5.92 Å². The van der Waals surface area contributed by atoms with Gasteiger partial charge in [-0.1, -0.05) is 0 Å². The Morgan fingerprint density at radius 1 is 1.53 bits per heavy atom. The van der Waals surface area contributed by atoms with Gasteiger partial charge >= 0.3 is 0 Å². The molecule has 1 aliphatic carbocycles. The van der Waals surface area contributed by atoms with E-state index in [-0.39, 0.29) is 29.9 Å². The number of rotatable bonds is 6. The molecule has 2 rings (SSSR count). The Morgan fingerprint density at radius 2 is 2.21 bits per heavy atom. The molecule has 1 heterocycles. The standard InChI is InChI=1S/C11H17N3O3S.ClH/c1-17-11-5-4-9(6-13-11)18(15,16)14-7-10(12)8-2-3-8;/h4-6,8,10,14H,2-3,7,12H2,1H3;1H. The summed E-state index contributed by atoms with van der Waals surface area (Å²) in [4.78, 5) is 3.98. The summed E-state index contributed by atoms with van der Waals surface area (Å²) >= 11 is 0. The molecule has 19 heavy (non-hydrogen) atoms. The SMILES string of the molecule is COc1ccc(S(=O)(=O)NCC(N)C2CC2)cn1.Cl. The van der Waals surface area contributed by atoms with E-state index >= 15 is 0 Å². The van der Waals surface area contributed by atoms with Gasteiger partial charge in [0.15, 0.2) is 0 Å². The number of methoxy groups -OCH3 is 1. The largest absolute Gasteiger partial charge is 0.481 e. The highest BCUT2D eigenvalue weighted by Gasteiger charge is 2.29. The summed E-state index contributed by atoms with van der Waals surface area (Å²) in [6, 6.07) is 2.86. The molecule has 0 aromatic carbocycles. The Labute approximate surface area is 119 Å². The third-order valence-corrected chi connectivity index (χ3v) is 4.37. The zero-order valence-electron chi connectivity index (χ0n) is 10.6. The van der Waals surface area contributed by atoms with Crippen molar-refractivity contribution in [1.82, 2.24) is 9.71 Å². The third-order valence-electron chi connectivity index (χ3n) is 2.97. The molecule has 0 radical (unpaired) electrons. The molecule has 0 bridgehead atoms. The number of hydrogen-bond acceptors (Lipinski definition) is 5. The van der Waals surface area contributed by atoms with Crippen molar-refractivity contribution >= 4 is 22.4 Å². The fourth-order valence-electron chi connectivity index (χ4n) is 1.63. The van der Waals surface area contributed by atoms with E-state index in [0.717, 1.165) is 12.8 Å². The van der Waals surface area contributed by atoms with Gasteiger partial charge in [-0.2, -0.15) is 0 Å². The molecule has 0 amide bonds. The van der Waals surface area contributed by atoms with Crippen molar-refractivity contribution < 1.29 is 13.2 Å². The zero-order chi connectivity index (χ0) is 13.2. The van der Waals surface area contributed by atoms with Crippen LogP contribution >= 0.6 is 12.4 Å². The number of nitrogens with two attached hydrogens (primary N) is 1. The lowest BCUT2D eigenvalue weighted by molar-refractivity contribution is 0.397. The maximum Gasteiger partial charge on any atom is 0.242 e. The van der Waals surface area contributed by atoms with E-state index in [1.54, 1.807) is 0 Å². The lowest BCUT2D eigenvalue weighted by atomic mass is 10.2. The van der Waals surface area contributed by atoms with E-state index in [2.05, 4.69) is 9.71 Å². The van der Waals surface area contributed by atoms with Gasteiger partial charge in [-0.3, -0.25) is 0 Å². The van der Waals surface area contributed by atoms with Crippen molar-refractivity contribution in [3.63, 3.8) is 0 Å². The first-order valence-electron chi connectivity index (χ1n) is 5.78. The van der Waals surface area contributed by atoms with Crippen LogP contribution in [0.1, 0.15) is 12.8 Å². The van der Waals surface area contributed by atoms with E-state index in [0.29, 0.717) is 11.8 Å². The van der Waals surface area contributed by atoms with E-state index in [4.69, 9.17) is 10.5 Å². The smallest absolute Gasteiger partial charge is 0.242 e. The maximum atomic E-state index is 11.9. The first-order chi connectivity index (χ1) is 8.53. The van der Waals surface area contributed by atoms with Gasteiger partial charge in [0.1, 0.15) is 4.90 Å². The fourth-order valence-corrected chi connectivity index (χ4v) is 2.64. The van der Waals surface area contributed by atoms with Gasteiger partial charge in [0.2, 0.25) is 15.9 Å². The molecule has 1 aromatic rings. The van der Waals surface area contributed by atoms with Crippen LogP contribution < -0.4 is 15.2 Å². The summed E-state index contributed by atoms with van der Waals surface area (Å²) in [6.07, 6.45) is 3.45. The van der Waals surface area contributed by atoms with Gasteiger partial charge in [0.25, 0.3) is 0 Å². The minimum atomic E-state index is -3.53. The molecule has 6 nitrogen and oxygen atoms in total. The molecule has 1 atom stereocenters. The summed E-state index contributed by atoms with van der Waals surface area (Å²) < 4.78 is 31.2. The number of pyridine rings is 1. The van der Waals surface area contributed by atoms with Gasteiger partial charge in [-0.25, -0.2) is 18.1 Å². The summed E-state index contributed by atoms with van der Waals surface area (Å²) in [5.41, 5.74) is 5.85. The summed E-state index contributed by atoms with van der Waals surface area (Å²) in [5.74, 6) is 0.838. The monoisotopic (exact) mass is 307 g/mol. The first-order valence-corrected chi connectivity index (χ1v) is 7.26. The molecule has 1 fully saturated rings. The van der Waals surface area contributed by atoms with Crippen LogP contribution in [0.4, 0.5) is 0 Å². The normalized spacial score (nSPS) is 16.5. The number of ether oxygens (including phenoxy) is 1. The topological polar surface area (TPSA) is 94.3 Å². The summed E-state index contributed by atoms with van der Waals surface area (Å²) in [7, 11) is -2.06. The second-order valence-electron chi connectivity index (χ2n) is 4.39. The lowest BCUT2D eigenvalue weighted by Crippen LogP contribution is -2.38. The van der Waals surface area contributed by atoms with E-state index in [1.807, 2.05) is 0 Å². The first kappa shape index (κ1) is 16.2. The number of nitrogens with zero attached hydrogens (tertiary/aromatic N) is 1. The van der Waals surface area contributed by atoms with Crippen molar-refractivity contribution in [3.05, 3.63) is 18.3 Å². The molecule has 0 aliphatic heterocycles. The average Bonchev–Trinajstić information content (AvgIpc) is 3.20. The molecule has 3 N–H and O–H groups in total. The van der Waals surface area contributed by atoms with Crippen LogP contribution in [0.2, 0.25) is 0 Å². The summed E-state index contributed by atoms with van der Waals surface area (Å²) in [6.45, 7) is 0.263. The molecule has 108 valence electrons. The Balaban J connectivity index is 0.00000180. The van der Waals surface area contributed by atoms with Crippen LogP contribution in [0.5, 0.6) is 5.88 Å². The highest BCUT2D eigenvalue weighted by Crippen LogP contribution is 2.31. The predicted octanol–water partition coefficient (Wildman–Crippen LogP) is 0.528. The van der Waals surface area contributed by atoms with Gasteiger partial charge in [0, 0.05) is 18.7 Å². The molecule has 1 aromatic heterocycles. The average molecular weight is 308 g/mol. The van der Waals surface area contributed by atoms with E-state index in [1.165, 1.54) is 25.4 Å². The van der Waals surface area contributed by atoms with Gasteiger partial charge < -0.3 is 10.5 Å². The molecule has 0 saturated heterocycles. The van der Waals surface area contributed by atoms with Crippen LogP contribution in [0.15, 0.2) is 23.2 Å². The predicted molar refractivity (Wildman–Crippen MR) is 73.9 cm³/mol. The number of aromatic nitrogens is 1. The third kappa shape index (κ3) is 4.31. The summed E-state index contributed by atoms with van der Waals surface area (Å²) in [5, 5.41) is 0. The highest BCUT2D eigenvalue weighted by atomic mass is 35.5. The second-order valence-corrected chi connectivity index (χ2v) is 6.16. The Kier molecular flexibility index (Phi) is 5.54. The molecular weight excluding hydrogens is 290 g/mol. The fraction of sp³-hybridized carbons (Fsp3) is 0.545. The Morgan fingerprint density at radius 3 is 2.68 bits per heavy atom. The van der Waals surface area contributed by atoms with Gasteiger partial charge in [-0.15, -0.1) is 12.4 Å². The molecular formula is C11H18ClN3O3S.